The monoisotopic (exact) mass is 375 g/mol. The van der Waals surface area contributed by atoms with Gasteiger partial charge in [0.2, 0.25) is 0 Å². The normalized spacial score (nSPS) is 12.8. The van der Waals surface area contributed by atoms with Gasteiger partial charge in [0.15, 0.2) is 0 Å². The maximum atomic E-state index is 6.19. The SMILES string of the molecule is Cc1nc(C(N)c2ncc(Br)cc2Br)sc1C. The van der Waals surface area contributed by atoms with Gasteiger partial charge in [-0.1, -0.05) is 0 Å². The van der Waals surface area contributed by atoms with Crippen molar-refractivity contribution in [1.82, 2.24) is 9.97 Å². The number of hydrogen-bond acceptors (Lipinski definition) is 4. The molecule has 0 radical (unpaired) electrons. The highest BCUT2D eigenvalue weighted by Crippen LogP contribution is 2.30. The smallest absolute Gasteiger partial charge is 0.116 e. The summed E-state index contributed by atoms with van der Waals surface area (Å²) in [5.74, 6) is 0. The number of halogens is 2. The van der Waals surface area contributed by atoms with E-state index >= 15 is 0 Å². The molecule has 3 nitrogen and oxygen atoms in total. The summed E-state index contributed by atoms with van der Waals surface area (Å²) in [5.41, 5.74) is 8.03. The van der Waals surface area contributed by atoms with Crippen LogP contribution in [0.3, 0.4) is 0 Å². The van der Waals surface area contributed by atoms with E-state index in [0.717, 1.165) is 25.3 Å². The Kier molecular flexibility index (Phi) is 3.97. The van der Waals surface area contributed by atoms with Crippen LogP contribution in [0.1, 0.15) is 27.3 Å². The summed E-state index contributed by atoms with van der Waals surface area (Å²) in [6.45, 7) is 4.04. The molecule has 0 amide bonds. The average molecular weight is 377 g/mol. The van der Waals surface area contributed by atoms with Crippen LogP contribution in [0.25, 0.3) is 0 Å². The van der Waals surface area contributed by atoms with Gasteiger partial charge in [0.25, 0.3) is 0 Å². The second kappa shape index (κ2) is 5.14. The van der Waals surface area contributed by atoms with Gasteiger partial charge in [-0.3, -0.25) is 4.98 Å². The number of nitrogens with two attached hydrogens (primary N) is 1. The van der Waals surface area contributed by atoms with Gasteiger partial charge in [-0.2, -0.15) is 0 Å². The number of aryl methyl sites for hydroxylation is 2. The third-order valence-corrected chi connectivity index (χ3v) is 4.67. The first-order valence-electron chi connectivity index (χ1n) is 4.99. The van der Waals surface area contributed by atoms with Crippen molar-refractivity contribution in [3.8, 4) is 0 Å². The Bertz CT molecular complexity index is 534. The molecule has 0 bridgehead atoms. The van der Waals surface area contributed by atoms with Crippen molar-refractivity contribution in [3.63, 3.8) is 0 Å². The summed E-state index contributed by atoms with van der Waals surface area (Å²) < 4.78 is 1.82. The Balaban J connectivity index is 2.39. The van der Waals surface area contributed by atoms with Crippen LogP contribution in [-0.4, -0.2) is 9.97 Å². The Labute approximate surface area is 121 Å². The molecule has 0 aliphatic rings. The van der Waals surface area contributed by atoms with Gasteiger partial charge in [0.1, 0.15) is 11.0 Å². The minimum Gasteiger partial charge on any atom is -0.317 e. The highest BCUT2D eigenvalue weighted by Gasteiger charge is 2.18. The molecule has 0 aliphatic carbocycles. The topological polar surface area (TPSA) is 51.8 Å². The fraction of sp³-hybridized carbons (Fsp3) is 0.273. The lowest BCUT2D eigenvalue weighted by atomic mass is 10.2. The zero-order chi connectivity index (χ0) is 12.6. The molecule has 2 heterocycles. The van der Waals surface area contributed by atoms with Gasteiger partial charge in [-0.25, -0.2) is 4.98 Å². The standard InChI is InChI=1S/C11H11Br2N3S/c1-5-6(2)17-11(16-5)9(14)10-8(13)3-7(12)4-15-10/h3-4,9H,14H2,1-2H3. The molecule has 1 unspecified atom stereocenters. The van der Waals surface area contributed by atoms with Crippen molar-refractivity contribution in [2.24, 2.45) is 5.73 Å². The van der Waals surface area contributed by atoms with Gasteiger partial charge >= 0.3 is 0 Å². The predicted molar refractivity (Wildman–Crippen MR) is 77.3 cm³/mol. The van der Waals surface area contributed by atoms with E-state index in [0.29, 0.717) is 0 Å². The predicted octanol–water partition coefficient (Wildman–Crippen LogP) is 3.73. The molecule has 2 aromatic heterocycles. The van der Waals surface area contributed by atoms with Crippen LogP contribution in [0.2, 0.25) is 0 Å². The quantitative estimate of drug-likeness (QED) is 0.868. The van der Waals surface area contributed by atoms with E-state index in [2.05, 4.69) is 41.8 Å². The maximum Gasteiger partial charge on any atom is 0.116 e. The zero-order valence-electron chi connectivity index (χ0n) is 9.37. The van der Waals surface area contributed by atoms with E-state index < -0.39 is 0 Å². The Morgan fingerprint density at radius 3 is 2.59 bits per heavy atom. The number of rotatable bonds is 2. The first-order chi connectivity index (χ1) is 7.99. The van der Waals surface area contributed by atoms with Gasteiger partial charge < -0.3 is 5.73 Å². The van der Waals surface area contributed by atoms with E-state index in [9.17, 15) is 0 Å². The maximum absolute atomic E-state index is 6.19. The molecule has 0 saturated heterocycles. The van der Waals surface area contributed by atoms with Crippen LogP contribution in [0.15, 0.2) is 21.2 Å². The van der Waals surface area contributed by atoms with E-state index in [-0.39, 0.29) is 6.04 Å². The van der Waals surface area contributed by atoms with Gasteiger partial charge in [0.05, 0.1) is 11.4 Å². The van der Waals surface area contributed by atoms with Crippen LogP contribution in [-0.2, 0) is 0 Å². The Morgan fingerprint density at radius 2 is 2.06 bits per heavy atom. The minimum atomic E-state index is -0.283. The molecule has 2 N–H and O–H groups in total. The van der Waals surface area contributed by atoms with Gasteiger partial charge in [0, 0.05) is 20.0 Å². The van der Waals surface area contributed by atoms with Crippen LogP contribution in [0.4, 0.5) is 0 Å². The largest absolute Gasteiger partial charge is 0.317 e. The summed E-state index contributed by atoms with van der Waals surface area (Å²) in [7, 11) is 0. The molecular weight excluding hydrogens is 366 g/mol. The minimum absolute atomic E-state index is 0.283. The summed E-state index contributed by atoms with van der Waals surface area (Å²) in [6.07, 6.45) is 1.74. The molecule has 90 valence electrons. The van der Waals surface area contributed by atoms with Crippen molar-refractivity contribution in [3.05, 3.63) is 42.5 Å². The van der Waals surface area contributed by atoms with Crippen molar-refractivity contribution in [1.29, 1.82) is 0 Å². The number of thiazole rings is 1. The molecule has 0 spiro atoms. The lowest BCUT2D eigenvalue weighted by Crippen LogP contribution is -2.14. The first kappa shape index (κ1) is 13.1. The first-order valence-corrected chi connectivity index (χ1v) is 7.39. The third kappa shape index (κ3) is 2.76. The molecule has 0 aliphatic heterocycles. The van der Waals surface area contributed by atoms with E-state index in [1.54, 1.807) is 17.5 Å². The highest BCUT2D eigenvalue weighted by atomic mass is 79.9. The number of hydrogen-bond donors (Lipinski definition) is 1. The second-order valence-corrected chi connectivity index (χ2v) is 6.70. The lowest BCUT2D eigenvalue weighted by molar-refractivity contribution is 0.807. The molecule has 17 heavy (non-hydrogen) atoms. The number of nitrogens with zero attached hydrogens (tertiary/aromatic N) is 2. The Hall–Kier alpha value is -0.300. The van der Waals surface area contributed by atoms with Crippen LogP contribution < -0.4 is 5.73 Å². The molecule has 2 aromatic rings. The fourth-order valence-corrected chi connectivity index (χ4v) is 3.56. The molecule has 0 fully saturated rings. The molecular formula is C11H11Br2N3S. The highest BCUT2D eigenvalue weighted by molar-refractivity contribution is 9.11. The van der Waals surface area contributed by atoms with Crippen molar-refractivity contribution < 1.29 is 0 Å². The van der Waals surface area contributed by atoms with Crippen LogP contribution in [0, 0.1) is 13.8 Å². The fourth-order valence-electron chi connectivity index (χ4n) is 1.40. The van der Waals surface area contributed by atoms with Crippen molar-refractivity contribution >= 4 is 43.2 Å². The molecule has 0 saturated carbocycles. The van der Waals surface area contributed by atoms with Gasteiger partial charge in [-0.05, 0) is 51.8 Å². The van der Waals surface area contributed by atoms with Crippen molar-refractivity contribution in [2.75, 3.05) is 0 Å². The van der Waals surface area contributed by atoms with E-state index in [1.165, 1.54) is 4.88 Å². The van der Waals surface area contributed by atoms with Crippen LogP contribution in [0.5, 0.6) is 0 Å². The molecule has 6 heteroatoms. The molecule has 0 aromatic carbocycles. The zero-order valence-corrected chi connectivity index (χ0v) is 13.4. The lowest BCUT2D eigenvalue weighted by Gasteiger charge is -2.10. The number of aromatic nitrogens is 2. The third-order valence-electron chi connectivity index (χ3n) is 2.44. The van der Waals surface area contributed by atoms with Gasteiger partial charge in [-0.15, -0.1) is 11.3 Å². The Morgan fingerprint density at radius 1 is 1.35 bits per heavy atom. The van der Waals surface area contributed by atoms with E-state index in [4.69, 9.17) is 5.73 Å². The summed E-state index contributed by atoms with van der Waals surface area (Å²) >= 11 is 8.47. The summed E-state index contributed by atoms with van der Waals surface area (Å²) in [4.78, 5) is 10.0. The average Bonchev–Trinajstić information content (AvgIpc) is 2.58. The number of pyridine rings is 1. The van der Waals surface area contributed by atoms with Crippen molar-refractivity contribution in [2.45, 2.75) is 19.9 Å². The molecule has 2 rings (SSSR count). The van der Waals surface area contributed by atoms with Crippen LogP contribution >= 0.6 is 43.2 Å². The molecule has 1 atom stereocenters. The summed E-state index contributed by atoms with van der Waals surface area (Å²) in [5, 5.41) is 0.899. The summed E-state index contributed by atoms with van der Waals surface area (Å²) in [6, 6.07) is 1.66. The second-order valence-electron chi connectivity index (χ2n) is 3.69. The van der Waals surface area contributed by atoms with E-state index in [1.807, 2.05) is 19.9 Å².